The molecular weight excluding hydrogens is 675 g/mol. The summed E-state index contributed by atoms with van der Waals surface area (Å²) < 4.78 is 0. The molecule has 0 bridgehead atoms. The van der Waals surface area contributed by atoms with Gasteiger partial charge in [-0.1, -0.05) is 176 Å². The molecule has 1 aliphatic carbocycles. The van der Waals surface area contributed by atoms with Crippen molar-refractivity contribution in [2.45, 2.75) is 15.2 Å². The molecule has 8 aromatic carbocycles. The number of fused-ring (bicyclic) bond motifs is 10. The fraction of sp³-hybridized carbons (Fsp3) is 0.0200. The SMILES string of the molecule is c1ccc(-c2ccc(-c3nc(-c4ccccc4)nc(-c4cccc5cc6c(cc45)-c4ccccc4C64c5ccccc5Sc5ccccc54)n3)cc2)cc1. The Labute approximate surface area is 318 Å². The Morgan fingerprint density at radius 3 is 1.52 bits per heavy atom. The van der Waals surface area contributed by atoms with Gasteiger partial charge in [0, 0.05) is 26.5 Å². The van der Waals surface area contributed by atoms with Crippen LogP contribution in [-0.2, 0) is 5.41 Å². The monoisotopic (exact) mass is 705 g/mol. The topological polar surface area (TPSA) is 38.7 Å². The van der Waals surface area contributed by atoms with Gasteiger partial charge < -0.3 is 0 Å². The lowest BCUT2D eigenvalue weighted by Crippen LogP contribution is -2.31. The molecule has 0 radical (unpaired) electrons. The van der Waals surface area contributed by atoms with Crippen LogP contribution in [0.5, 0.6) is 0 Å². The molecule has 0 unspecified atom stereocenters. The molecule has 0 amide bonds. The number of benzene rings is 8. The largest absolute Gasteiger partial charge is 0.208 e. The van der Waals surface area contributed by atoms with Gasteiger partial charge in [0.1, 0.15) is 0 Å². The van der Waals surface area contributed by atoms with Gasteiger partial charge in [-0.25, -0.2) is 15.0 Å². The summed E-state index contributed by atoms with van der Waals surface area (Å²) in [7, 11) is 0. The maximum atomic E-state index is 5.21. The van der Waals surface area contributed by atoms with Crippen LogP contribution in [-0.4, -0.2) is 15.0 Å². The molecule has 1 aliphatic heterocycles. The van der Waals surface area contributed by atoms with Crippen LogP contribution in [0.25, 0.3) is 67.2 Å². The van der Waals surface area contributed by atoms with E-state index >= 15 is 0 Å². The highest BCUT2D eigenvalue weighted by atomic mass is 32.2. The van der Waals surface area contributed by atoms with Crippen LogP contribution in [0, 0.1) is 0 Å². The number of aromatic nitrogens is 3. The predicted octanol–water partition coefficient (Wildman–Crippen LogP) is 12.5. The zero-order valence-electron chi connectivity index (χ0n) is 29.1. The van der Waals surface area contributed by atoms with E-state index in [4.69, 9.17) is 15.0 Å². The second kappa shape index (κ2) is 12.2. The van der Waals surface area contributed by atoms with Crippen molar-refractivity contribution in [1.82, 2.24) is 15.0 Å². The Bertz CT molecular complexity index is 2860. The zero-order chi connectivity index (χ0) is 35.6. The van der Waals surface area contributed by atoms with Gasteiger partial charge >= 0.3 is 0 Å². The molecule has 1 aromatic heterocycles. The third-order valence-electron chi connectivity index (χ3n) is 11.0. The Hall–Kier alpha value is -6.62. The van der Waals surface area contributed by atoms with Crippen molar-refractivity contribution in [1.29, 1.82) is 0 Å². The lowest BCUT2D eigenvalue weighted by atomic mass is 9.67. The number of hydrogen-bond donors (Lipinski definition) is 0. The predicted molar refractivity (Wildman–Crippen MR) is 221 cm³/mol. The normalized spacial score (nSPS) is 13.3. The molecule has 9 aromatic rings. The number of hydrogen-bond acceptors (Lipinski definition) is 4. The molecule has 252 valence electrons. The highest BCUT2D eigenvalue weighted by molar-refractivity contribution is 7.99. The zero-order valence-corrected chi connectivity index (χ0v) is 30.0. The van der Waals surface area contributed by atoms with Gasteiger partial charge in [0.05, 0.1) is 5.41 Å². The molecule has 0 atom stereocenters. The fourth-order valence-corrected chi connectivity index (χ4v) is 9.79. The average Bonchev–Trinajstić information content (AvgIpc) is 3.52. The third-order valence-corrected chi connectivity index (χ3v) is 12.2. The van der Waals surface area contributed by atoms with Crippen molar-refractivity contribution >= 4 is 22.5 Å². The summed E-state index contributed by atoms with van der Waals surface area (Å²) in [6.45, 7) is 0. The molecular formula is C50H31N3S. The molecule has 4 heteroatoms. The molecule has 1 spiro atoms. The molecule has 0 saturated carbocycles. The second-order valence-electron chi connectivity index (χ2n) is 13.9. The first-order valence-corrected chi connectivity index (χ1v) is 19.1. The minimum absolute atomic E-state index is 0.429. The van der Waals surface area contributed by atoms with Crippen molar-refractivity contribution in [2.75, 3.05) is 0 Å². The summed E-state index contributed by atoms with van der Waals surface area (Å²) in [5, 5.41) is 2.27. The Balaban J connectivity index is 1.14. The van der Waals surface area contributed by atoms with Crippen molar-refractivity contribution < 1.29 is 0 Å². The first kappa shape index (κ1) is 31.0. The van der Waals surface area contributed by atoms with E-state index in [-0.39, 0.29) is 0 Å². The van der Waals surface area contributed by atoms with Crippen LogP contribution in [0.3, 0.4) is 0 Å². The van der Waals surface area contributed by atoms with Crippen molar-refractivity contribution in [3.05, 3.63) is 210 Å². The van der Waals surface area contributed by atoms with Crippen LogP contribution in [0.2, 0.25) is 0 Å². The van der Waals surface area contributed by atoms with Gasteiger partial charge in [0.15, 0.2) is 17.5 Å². The van der Waals surface area contributed by atoms with Crippen LogP contribution in [0.1, 0.15) is 22.3 Å². The van der Waals surface area contributed by atoms with E-state index in [0.29, 0.717) is 17.5 Å². The van der Waals surface area contributed by atoms with Gasteiger partial charge in [0.25, 0.3) is 0 Å². The number of rotatable bonds is 4. The van der Waals surface area contributed by atoms with E-state index in [1.165, 1.54) is 48.7 Å². The van der Waals surface area contributed by atoms with Gasteiger partial charge in [-0.3, -0.25) is 0 Å². The summed E-state index contributed by atoms with van der Waals surface area (Å²) in [6, 6.07) is 67.4. The summed E-state index contributed by atoms with van der Waals surface area (Å²) in [4.78, 5) is 18.0. The molecule has 0 saturated heterocycles. The Morgan fingerprint density at radius 1 is 0.333 bits per heavy atom. The van der Waals surface area contributed by atoms with Crippen LogP contribution in [0.4, 0.5) is 0 Å². The van der Waals surface area contributed by atoms with Crippen molar-refractivity contribution in [3.63, 3.8) is 0 Å². The third kappa shape index (κ3) is 4.67. The van der Waals surface area contributed by atoms with Crippen molar-refractivity contribution in [2.24, 2.45) is 0 Å². The molecule has 54 heavy (non-hydrogen) atoms. The summed E-state index contributed by atoms with van der Waals surface area (Å²) in [6.07, 6.45) is 0. The molecule has 2 heterocycles. The summed E-state index contributed by atoms with van der Waals surface area (Å²) >= 11 is 1.87. The van der Waals surface area contributed by atoms with E-state index in [0.717, 1.165) is 33.0 Å². The van der Waals surface area contributed by atoms with Crippen LogP contribution < -0.4 is 0 Å². The molecule has 0 N–H and O–H groups in total. The van der Waals surface area contributed by atoms with E-state index in [2.05, 4.69) is 164 Å². The van der Waals surface area contributed by atoms with E-state index in [1.807, 2.05) is 36.0 Å². The molecule has 0 fully saturated rings. The van der Waals surface area contributed by atoms with Gasteiger partial charge in [-0.05, 0) is 79.5 Å². The van der Waals surface area contributed by atoms with E-state index in [1.54, 1.807) is 0 Å². The second-order valence-corrected chi connectivity index (χ2v) is 15.0. The first-order chi connectivity index (χ1) is 26.8. The standard InChI is InChI=1S/C50H31N3S/c1-3-14-32(15-4-1)33-26-28-35(29-27-33)48-51-47(34-16-5-2-6-17-34)52-49(53-48)38-20-13-18-36-30-44-40(31-39(36)38)37-19-7-8-21-41(37)50(44)42-22-9-11-24-45(42)54-46-25-12-10-23-43(46)50/h1-31H. The summed E-state index contributed by atoms with van der Waals surface area (Å²) in [5.74, 6) is 1.95. The molecule has 11 rings (SSSR count). The minimum atomic E-state index is -0.429. The van der Waals surface area contributed by atoms with E-state index in [9.17, 15) is 0 Å². The van der Waals surface area contributed by atoms with Gasteiger partial charge in [-0.15, -0.1) is 0 Å². The maximum absolute atomic E-state index is 5.21. The highest BCUT2D eigenvalue weighted by Gasteiger charge is 2.50. The van der Waals surface area contributed by atoms with Gasteiger partial charge in [0.2, 0.25) is 0 Å². The average molecular weight is 706 g/mol. The van der Waals surface area contributed by atoms with Crippen LogP contribution >= 0.6 is 11.8 Å². The fourth-order valence-electron chi connectivity index (χ4n) is 8.60. The lowest BCUT2D eigenvalue weighted by Gasteiger charge is -2.39. The Morgan fingerprint density at radius 2 is 0.833 bits per heavy atom. The number of nitrogens with zero attached hydrogens (tertiary/aromatic N) is 3. The van der Waals surface area contributed by atoms with Crippen LogP contribution in [0.15, 0.2) is 198 Å². The molecule has 3 nitrogen and oxygen atoms in total. The van der Waals surface area contributed by atoms with Gasteiger partial charge in [-0.2, -0.15) is 0 Å². The smallest absolute Gasteiger partial charge is 0.164 e. The minimum Gasteiger partial charge on any atom is -0.208 e. The highest BCUT2D eigenvalue weighted by Crippen LogP contribution is 2.62. The quantitative estimate of drug-likeness (QED) is 0.183. The van der Waals surface area contributed by atoms with E-state index < -0.39 is 5.41 Å². The Kier molecular flexibility index (Phi) is 7.01. The summed E-state index contributed by atoms with van der Waals surface area (Å²) in [5.41, 5.74) is 12.6. The lowest BCUT2D eigenvalue weighted by molar-refractivity contribution is 0.723. The maximum Gasteiger partial charge on any atom is 0.164 e. The molecule has 2 aliphatic rings. The first-order valence-electron chi connectivity index (χ1n) is 18.3. The van der Waals surface area contributed by atoms with Crippen molar-refractivity contribution in [3.8, 4) is 56.4 Å².